The van der Waals surface area contributed by atoms with Gasteiger partial charge in [-0.25, -0.2) is 0 Å². The normalized spacial score (nSPS) is 13.3. The first-order valence-electron chi connectivity index (χ1n) is 27.2. The molecule has 0 radical (unpaired) electrons. The molecule has 0 saturated heterocycles. The number of rotatable bonds is 51. The molecule has 0 saturated carbocycles. The van der Waals surface area contributed by atoms with E-state index in [0.717, 1.165) is 32.1 Å². The van der Waals surface area contributed by atoms with Crippen molar-refractivity contribution in [3.05, 3.63) is 0 Å². The lowest BCUT2D eigenvalue weighted by Crippen LogP contribution is -2.37. The van der Waals surface area contributed by atoms with E-state index in [4.69, 9.17) is 18.5 Å². The molecule has 10 heteroatoms. The fourth-order valence-corrected chi connectivity index (χ4v) is 8.86. The van der Waals surface area contributed by atoms with Crippen molar-refractivity contribution in [3.63, 3.8) is 0 Å². The molecule has 0 amide bonds. The zero-order valence-corrected chi connectivity index (χ0v) is 43.5. The molecule has 0 aliphatic carbocycles. The molecule has 0 bridgehead atoms. The minimum Gasteiger partial charge on any atom is -0.756 e. The van der Waals surface area contributed by atoms with Gasteiger partial charge in [0.25, 0.3) is 7.82 Å². The maximum atomic E-state index is 12.8. The highest BCUT2D eigenvalue weighted by Crippen LogP contribution is 2.38. The van der Waals surface area contributed by atoms with Crippen molar-refractivity contribution in [2.24, 2.45) is 0 Å². The Morgan fingerprint density at radius 1 is 0.429 bits per heavy atom. The van der Waals surface area contributed by atoms with Crippen LogP contribution in [0.15, 0.2) is 0 Å². The molecule has 0 fully saturated rings. The van der Waals surface area contributed by atoms with E-state index >= 15 is 0 Å². The van der Waals surface area contributed by atoms with Crippen LogP contribution in [0.25, 0.3) is 0 Å². The first-order chi connectivity index (χ1) is 30.5. The minimum absolute atomic E-state index is 0.0252. The standard InChI is InChI=1S/C53H106NO8P/c1-6-8-10-12-14-16-18-20-22-24-25-26-27-28-29-30-32-34-36-38-40-42-44-46-53(56)62-51(50-61-63(57,58)60-48-47-54(3,4)5)49-59-52(55)45-43-41-39-37-35-33-31-23-21-19-17-15-13-11-9-7-2/h51H,6-50H2,1-5H3. The minimum atomic E-state index is -4.62. The van der Waals surface area contributed by atoms with E-state index in [9.17, 15) is 19.0 Å². The van der Waals surface area contributed by atoms with E-state index in [1.54, 1.807) is 0 Å². The molecular formula is C53H106NO8P. The van der Waals surface area contributed by atoms with Crippen LogP contribution in [-0.2, 0) is 32.7 Å². The van der Waals surface area contributed by atoms with Gasteiger partial charge in [0.2, 0.25) is 0 Å². The lowest BCUT2D eigenvalue weighted by molar-refractivity contribution is -0.870. The maximum Gasteiger partial charge on any atom is 0.306 e. The first kappa shape index (κ1) is 62.0. The summed E-state index contributed by atoms with van der Waals surface area (Å²) in [7, 11) is 1.19. The molecule has 0 rings (SSSR count). The third-order valence-corrected chi connectivity index (χ3v) is 13.3. The summed E-state index contributed by atoms with van der Waals surface area (Å²) < 4.78 is 34.1. The van der Waals surface area contributed by atoms with Crippen LogP contribution >= 0.6 is 7.82 Å². The summed E-state index contributed by atoms with van der Waals surface area (Å²) in [6, 6.07) is 0. The second-order valence-corrected chi connectivity index (χ2v) is 21.4. The van der Waals surface area contributed by atoms with Crippen LogP contribution in [-0.4, -0.2) is 70.0 Å². The Hall–Kier alpha value is -0.990. The summed E-state index contributed by atoms with van der Waals surface area (Å²) in [4.78, 5) is 37.7. The monoisotopic (exact) mass is 916 g/mol. The van der Waals surface area contributed by atoms with Crippen molar-refractivity contribution in [2.45, 2.75) is 283 Å². The smallest absolute Gasteiger partial charge is 0.306 e. The van der Waals surface area contributed by atoms with E-state index in [0.29, 0.717) is 17.4 Å². The second kappa shape index (κ2) is 46.1. The van der Waals surface area contributed by atoms with Gasteiger partial charge in [-0.1, -0.05) is 251 Å². The molecule has 0 heterocycles. The van der Waals surface area contributed by atoms with Crippen LogP contribution < -0.4 is 4.89 Å². The quantitative estimate of drug-likeness (QED) is 0.0257. The van der Waals surface area contributed by atoms with Gasteiger partial charge < -0.3 is 27.9 Å². The number of phosphoric acid groups is 1. The summed E-state index contributed by atoms with van der Waals surface area (Å²) in [5.41, 5.74) is 0. The fourth-order valence-electron chi connectivity index (χ4n) is 8.13. The van der Waals surface area contributed by atoms with E-state index in [1.165, 1.54) is 212 Å². The lowest BCUT2D eigenvalue weighted by Gasteiger charge is -2.28. The van der Waals surface area contributed by atoms with Crippen molar-refractivity contribution in [1.29, 1.82) is 0 Å². The number of quaternary nitrogens is 1. The van der Waals surface area contributed by atoms with Crippen LogP contribution in [0.1, 0.15) is 277 Å². The number of nitrogens with zero attached hydrogens (tertiary/aromatic N) is 1. The SMILES string of the molecule is CCCCCCCCCCCCCCCCCCCCCCCCCC(=O)OC(COC(=O)CCCCCCCCCCCCCCCCCC)COP(=O)([O-])OCC[N+](C)(C)C. The van der Waals surface area contributed by atoms with Gasteiger partial charge >= 0.3 is 11.9 Å². The number of hydrogen-bond donors (Lipinski definition) is 0. The molecule has 0 spiro atoms. The summed E-state index contributed by atoms with van der Waals surface area (Å²) in [6.45, 7) is 4.30. The predicted octanol–water partition coefficient (Wildman–Crippen LogP) is 15.7. The summed E-state index contributed by atoms with van der Waals surface area (Å²) in [6.07, 6.45) is 49.9. The zero-order valence-electron chi connectivity index (χ0n) is 42.6. The molecule has 0 aromatic heterocycles. The molecule has 2 unspecified atom stereocenters. The molecule has 9 nitrogen and oxygen atoms in total. The number of carbonyl (C=O) groups excluding carboxylic acids is 2. The summed E-state index contributed by atoms with van der Waals surface area (Å²) in [5.74, 6) is -0.812. The third-order valence-electron chi connectivity index (χ3n) is 12.4. The van der Waals surface area contributed by atoms with E-state index in [1.807, 2.05) is 21.1 Å². The highest BCUT2D eigenvalue weighted by atomic mass is 31.2. The number of hydrogen-bond acceptors (Lipinski definition) is 8. The fraction of sp³-hybridized carbons (Fsp3) is 0.962. The van der Waals surface area contributed by atoms with Gasteiger partial charge in [-0.05, 0) is 12.8 Å². The van der Waals surface area contributed by atoms with Crippen LogP contribution in [0, 0.1) is 0 Å². The van der Waals surface area contributed by atoms with Gasteiger partial charge in [0.1, 0.15) is 19.8 Å². The Bertz CT molecular complexity index is 1040. The highest BCUT2D eigenvalue weighted by Gasteiger charge is 2.22. The van der Waals surface area contributed by atoms with Crippen molar-refractivity contribution in [2.75, 3.05) is 47.5 Å². The molecule has 0 N–H and O–H groups in total. The molecule has 0 aromatic rings. The highest BCUT2D eigenvalue weighted by molar-refractivity contribution is 7.45. The second-order valence-electron chi connectivity index (χ2n) is 20.0. The van der Waals surface area contributed by atoms with E-state index in [-0.39, 0.29) is 32.0 Å². The molecule has 376 valence electrons. The van der Waals surface area contributed by atoms with Crippen molar-refractivity contribution in [3.8, 4) is 0 Å². The Morgan fingerprint density at radius 3 is 1.02 bits per heavy atom. The maximum absolute atomic E-state index is 12.8. The summed E-state index contributed by atoms with van der Waals surface area (Å²) >= 11 is 0. The van der Waals surface area contributed by atoms with Crippen LogP contribution in [0.3, 0.4) is 0 Å². The van der Waals surface area contributed by atoms with Gasteiger partial charge in [-0.2, -0.15) is 0 Å². The Balaban J connectivity index is 4.14. The molecular weight excluding hydrogens is 810 g/mol. The molecule has 0 aromatic carbocycles. The summed E-state index contributed by atoms with van der Waals surface area (Å²) in [5, 5.41) is 0. The number of esters is 2. The van der Waals surface area contributed by atoms with Gasteiger partial charge in [-0.3, -0.25) is 14.2 Å². The lowest BCUT2D eigenvalue weighted by atomic mass is 10.0. The number of carbonyl (C=O) groups is 2. The molecule has 63 heavy (non-hydrogen) atoms. The van der Waals surface area contributed by atoms with Crippen molar-refractivity contribution < 1.29 is 42.1 Å². The third kappa shape index (κ3) is 50.3. The van der Waals surface area contributed by atoms with Crippen molar-refractivity contribution >= 4 is 19.8 Å². The number of ether oxygens (including phenoxy) is 2. The van der Waals surface area contributed by atoms with Crippen LogP contribution in [0.5, 0.6) is 0 Å². The Kier molecular flexibility index (Phi) is 45.4. The number of phosphoric ester groups is 1. The van der Waals surface area contributed by atoms with Gasteiger partial charge in [0, 0.05) is 12.8 Å². The van der Waals surface area contributed by atoms with Crippen LogP contribution in [0.2, 0.25) is 0 Å². The Morgan fingerprint density at radius 2 is 0.714 bits per heavy atom. The topological polar surface area (TPSA) is 111 Å². The Labute approximate surface area is 391 Å². The van der Waals surface area contributed by atoms with Gasteiger partial charge in [0.05, 0.1) is 27.7 Å². The van der Waals surface area contributed by atoms with E-state index in [2.05, 4.69) is 13.8 Å². The van der Waals surface area contributed by atoms with E-state index < -0.39 is 26.5 Å². The van der Waals surface area contributed by atoms with Gasteiger partial charge in [-0.15, -0.1) is 0 Å². The first-order valence-corrected chi connectivity index (χ1v) is 28.7. The number of likely N-dealkylation sites (N-methyl/N-ethyl adjacent to an activating group) is 1. The molecule has 0 aliphatic rings. The van der Waals surface area contributed by atoms with Gasteiger partial charge in [0.15, 0.2) is 6.10 Å². The number of unbranched alkanes of at least 4 members (excludes halogenated alkanes) is 37. The predicted molar refractivity (Wildman–Crippen MR) is 264 cm³/mol. The van der Waals surface area contributed by atoms with Crippen molar-refractivity contribution in [1.82, 2.24) is 0 Å². The molecule has 0 aliphatic heterocycles. The average Bonchev–Trinajstić information content (AvgIpc) is 3.24. The zero-order chi connectivity index (χ0) is 46.4. The molecule has 2 atom stereocenters. The average molecular weight is 916 g/mol. The largest absolute Gasteiger partial charge is 0.756 e. The van der Waals surface area contributed by atoms with Crippen LogP contribution in [0.4, 0.5) is 0 Å².